The quantitative estimate of drug-likeness (QED) is 0.296. The largest absolute Gasteiger partial charge is 0.454 e. The van der Waals surface area contributed by atoms with E-state index in [-0.39, 0.29) is 22.6 Å². The summed E-state index contributed by atoms with van der Waals surface area (Å²) in [6, 6.07) is 16.5. The van der Waals surface area contributed by atoms with Crippen LogP contribution in [0.5, 0.6) is 0 Å². The lowest BCUT2D eigenvalue weighted by Crippen LogP contribution is -2.29. The van der Waals surface area contributed by atoms with Crippen LogP contribution in [0.25, 0.3) is 0 Å². The van der Waals surface area contributed by atoms with Crippen molar-refractivity contribution in [1.82, 2.24) is 0 Å². The highest BCUT2D eigenvalue weighted by Crippen LogP contribution is 2.30. The third kappa shape index (κ3) is 4.97. The highest BCUT2D eigenvalue weighted by molar-refractivity contribution is 6.35. The van der Waals surface area contributed by atoms with Crippen LogP contribution in [0.15, 0.2) is 66.7 Å². The normalized spacial score (nSPS) is 12.3. The van der Waals surface area contributed by atoms with Gasteiger partial charge in [-0.25, -0.2) is 9.69 Å². The molecule has 0 bridgehead atoms. The average Bonchev–Trinajstić information content (AvgIpc) is 3.12. The number of esters is 1. The number of hydrogen-bond donors (Lipinski definition) is 1. The number of anilines is 2. The maximum atomic E-state index is 12.9. The molecule has 9 heteroatoms. The third-order valence-corrected chi connectivity index (χ3v) is 5.61. The van der Waals surface area contributed by atoms with E-state index in [0.717, 1.165) is 4.90 Å². The van der Waals surface area contributed by atoms with Gasteiger partial charge in [-0.2, -0.15) is 0 Å². The lowest BCUT2D eigenvalue weighted by Gasteiger charge is -2.13. The zero-order valence-electron chi connectivity index (χ0n) is 18.5. The fourth-order valence-electron chi connectivity index (χ4n) is 3.48. The van der Waals surface area contributed by atoms with E-state index in [4.69, 9.17) is 16.3 Å². The first-order valence-corrected chi connectivity index (χ1v) is 11.0. The van der Waals surface area contributed by atoms with E-state index in [1.165, 1.54) is 30.3 Å². The lowest BCUT2D eigenvalue weighted by molar-refractivity contribution is -0.115. The van der Waals surface area contributed by atoms with Gasteiger partial charge in [-0.05, 0) is 66.7 Å². The number of rotatable bonds is 7. The molecule has 1 aliphatic rings. The minimum atomic E-state index is -0.807. The summed E-state index contributed by atoms with van der Waals surface area (Å²) in [4.78, 5) is 63.0. The fourth-order valence-corrected chi connectivity index (χ4v) is 3.61. The topological polar surface area (TPSA) is 110 Å². The predicted molar refractivity (Wildman–Crippen MR) is 129 cm³/mol. The molecule has 0 saturated carbocycles. The second-order valence-electron chi connectivity index (χ2n) is 7.66. The van der Waals surface area contributed by atoms with Gasteiger partial charge in [-0.1, -0.05) is 18.5 Å². The Hall–Kier alpha value is -4.30. The summed E-state index contributed by atoms with van der Waals surface area (Å²) < 4.78 is 5.12. The molecule has 0 aliphatic carbocycles. The van der Waals surface area contributed by atoms with Crippen LogP contribution in [0.3, 0.4) is 0 Å². The Bertz CT molecular complexity index is 1350. The van der Waals surface area contributed by atoms with Crippen LogP contribution in [-0.2, 0) is 9.53 Å². The number of nitrogens with zero attached hydrogens (tertiary/aromatic N) is 1. The van der Waals surface area contributed by atoms with Crippen molar-refractivity contribution in [1.29, 1.82) is 0 Å². The van der Waals surface area contributed by atoms with Crippen LogP contribution in [-0.4, -0.2) is 36.1 Å². The molecule has 8 nitrogen and oxygen atoms in total. The summed E-state index contributed by atoms with van der Waals surface area (Å²) in [6.07, 6.45) is 0.332. The minimum absolute atomic E-state index is 0.0354. The van der Waals surface area contributed by atoms with E-state index in [1.807, 2.05) is 0 Å². The van der Waals surface area contributed by atoms with Crippen LogP contribution >= 0.6 is 11.6 Å². The molecule has 4 rings (SSSR count). The summed E-state index contributed by atoms with van der Waals surface area (Å²) in [6.45, 7) is 1.21. The molecule has 3 aromatic rings. The fraction of sp³-hybridized carbons (Fsp3) is 0.115. The molecule has 0 fully saturated rings. The molecule has 35 heavy (non-hydrogen) atoms. The predicted octanol–water partition coefficient (Wildman–Crippen LogP) is 4.53. The molecule has 1 N–H and O–H groups in total. The lowest BCUT2D eigenvalue weighted by atomic mass is 10.1. The Balaban J connectivity index is 1.42. The molecule has 0 aromatic heterocycles. The molecule has 3 amide bonds. The first-order valence-electron chi connectivity index (χ1n) is 10.7. The Labute approximate surface area is 205 Å². The van der Waals surface area contributed by atoms with E-state index in [1.54, 1.807) is 43.3 Å². The molecule has 0 spiro atoms. The van der Waals surface area contributed by atoms with Crippen molar-refractivity contribution >= 4 is 52.4 Å². The number of nitrogens with one attached hydrogen (secondary N) is 1. The second kappa shape index (κ2) is 9.90. The Morgan fingerprint density at radius 3 is 2.14 bits per heavy atom. The van der Waals surface area contributed by atoms with E-state index < -0.39 is 30.2 Å². The second-order valence-corrected chi connectivity index (χ2v) is 8.10. The number of carbonyl (C=O) groups is 5. The van der Waals surface area contributed by atoms with Crippen molar-refractivity contribution in [2.75, 3.05) is 16.8 Å². The number of Topliss-reactive ketones (excluding diaryl/α,β-unsaturated/α-hetero) is 1. The van der Waals surface area contributed by atoms with Crippen molar-refractivity contribution < 1.29 is 28.7 Å². The highest BCUT2D eigenvalue weighted by Gasteiger charge is 2.37. The van der Waals surface area contributed by atoms with Gasteiger partial charge in [0.25, 0.3) is 11.8 Å². The molecule has 0 unspecified atom stereocenters. The first-order chi connectivity index (χ1) is 16.8. The van der Waals surface area contributed by atoms with Gasteiger partial charge in [0.05, 0.1) is 22.4 Å². The van der Waals surface area contributed by atoms with E-state index >= 15 is 0 Å². The van der Waals surface area contributed by atoms with Gasteiger partial charge < -0.3 is 10.1 Å². The zero-order chi connectivity index (χ0) is 25.1. The van der Waals surface area contributed by atoms with Gasteiger partial charge >= 0.3 is 5.97 Å². The van der Waals surface area contributed by atoms with Crippen LogP contribution in [0.1, 0.15) is 54.8 Å². The van der Waals surface area contributed by atoms with Crippen LogP contribution in [0.2, 0.25) is 5.02 Å². The van der Waals surface area contributed by atoms with Gasteiger partial charge in [-0.3, -0.25) is 19.2 Å². The monoisotopic (exact) mass is 490 g/mol. The summed E-state index contributed by atoms with van der Waals surface area (Å²) in [5.74, 6) is -2.48. The summed E-state index contributed by atoms with van der Waals surface area (Å²) >= 11 is 5.88. The molecule has 0 radical (unpaired) electrons. The molecule has 3 aromatic carbocycles. The number of amides is 3. The summed E-state index contributed by atoms with van der Waals surface area (Å²) in [5.41, 5.74) is 1.48. The van der Waals surface area contributed by atoms with Crippen LogP contribution in [0, 0.1) is 0 Å². The van der Waals surface area contributed by atoms with Crippen molar-refractivity contribution in [3.63, 3.8) is 0 Å². The van der Waals surface area contributed by atoms with Crippen LogP contribution in [0.4, 0.5) is 11.4 Å². The standard InChI is InChI=1S/C26H19ClN2O6/c1-2-23(31)28-18-8-3-15(4-9-18)22(30)14-35-26(34)16-5-12-20-21(13-16)25(33)29(24(20)32)19-10-6-17(27)7-11-19/h3-13H,2,14H2,1H3,(H,28,31). The minimum Gasteiger partial charge on any atom is -0.454 e. The van der Waals surface area contributed by atoms with E-state index in [9.17, 15) is 24.0 Å². The van der Waals surface area contributed by atoms with Crippen molar-refractivity contribution in [2.24, 2.45) is 0 Å². The van der Waals surface area contributed by atoms with Crippen molar-refractivity contribution in [3.8, 4) is 0 Å². The maximum Gasteiger partial charge on any atom is 0.338 e. The number of imide groups is 1. The number of ketones is 1. The van der Waals surface area contributed by atoms with Crippen molar-refractivity contribution in [2.45, 2.75) is 13.3 Å². The SMILES string of the molecule is CCC(=O)Nc1ccc(C(=O)COC(=O)c2ccc3c(c2)C(=O)N(c2ccc(Cl)cc2)C3=O)cc1. The number of benzene rings is 3. The van der Waals surface area contributed by atoms with Gasteiger partial charge in [0.1, 0.15) is 0 Å². The molecule has 1 aliphatic heterocycles. The highest BCUT2D eigenvalue weighted by atomic mass is 35.5. The van der Waals surface area contributed by atoms with Crippen LogP contribution < -0.4 is 10.2 Å². The molecule has 0 saturated heterocycles. The maximum absolute atomic E-state index is 12.9. The number of fused-ring (bicyclic) bond motifs is 1. The number of carbonyl (C=O) groups excluding carboxylic acids is 5. The first kappa shape index (κ1) is 23.8. The molecule has 0 atom stereocenters. The smallest absolute Gasteiger partial charge is 0.338 e. The summed E-state index contributed by atoms with van der Waals surface area (Å²) in [5, 5.41) is 3.14. The molecule has 1 heterocycles. The zero-order valence-corrected chi connectivity index (χ0v) is 19.3. The third-order valence-electron chi connectivity index (χ3n) is 5.35. The molecule has 176 valence electrons. The van der Waals surface area contributed by atoms with E-state index in [2.05, 4.69) is 5.32 Å². The molecular weight excluding hydrogens is 472 g/mol. The number of halogens is 1. The van der Waals surface area contributed by atoms with E-state index in [0.29, 0.717) is 28.4 Å². The Kier molecular flexibility index (Phi) is 6.75. The average molecular weight is 491 g/mol. The van der Waals surface area contributed by atoms with Gasteiger partial charge in [-0.15, -0.1) is 0 Å². The molecular formula is C26H19ClN2O6. The Morgan fingerprint density at radius 1 is 0.857 bits per heavy atom. The van der Waals surface area contributed by atoms with Crippen molar-refractivity contribution in [3.05, 3.63) is 94.0 Å². The number of ether oxygens (including phenoxy) is 1. The van der Waals surface area contributed by atoms with Gasteiger partial charge in [0.15, 0.2) is 12.4 Å². The Morgan fingerprint density at radius 2 is 1.49 bits per heavy atom. The number of hydrogen-bond acceptors (Lipinski definition) is 6. The van der Waals surface area contributed by atoms with Gasteiger partial charge in [0, 0.05) is 22.7 Å². The van der Waals surface area contributed by atoms with Gasteiger partial charge in [0.2, 0.25) is 5.91 Å². The summed E-state index contributed by atoms with van der Waals surface area (Å²) in [7, 11) is 0.